The van der Waals surface area contributed by atoms with Crippen LogP contribution in [-0.2, 0) is 9.53 Å². The number of nitrogens with two attached hydrogens (primary N) is 1. The molecule has 0 radical (unpaired) electrons. The van der Waals surface area contributed by atoms with E-state index in [2.05, 4.69) is 29.4 Å². The van der Waals surface area contributed by atoms with Gasteiger partial charge in [-0.15, -0.1) is 0 Å². The number of amides is 2. The van der Waals surface area contributed by atoms with Crippen LogP contribution in [0.25, 0.3) is 0 Å². The highest BCUT2D eigenvalue weighted by Crippen LogP contribution is 2.21. The molecule has 0 bridgehead atoms. The van der Waals surface area contributed by atoms with Crippen LogP contribution in [0.2, 0.25) is 0 Å². The van der Waals surface area contributed by atoms with Crippen molar-refractivity contribution in [1.29, 1.82) is 0 Å². The van der Waals surface area contributed by atoms with Crippen molar-refractivity contribution in [1.82, 2.24) is 15.5 Å². The topological polar surface area (TPSA) is 126 Å². The van der Waals surface area contributed by atoms with E-state index in [0.717, 1.165) is 32.4 Å². The first-order chi connectivity index (χ1) is 17.2. The van der Waals surface area contributed by atoms with E-state index in [-0.39, 0.29) is 29.7 Å². The van der Waals surface area contributed by atoms with E-state index in [0.29, 0.717) is 44.0 Å². The largest absolute Gasteiger partial charge is 0.493 e. The lowest BCUT2D eigenvalue weighted by atomic mass is 9.87. The van der Waals surface area contributed by atoms with Gasteiger partial charge in [0.05, 0.1) is 18.3 Å². The molecule has 0 spiro atoms. The summed E-state index contributed by atoms with van der Waals surface area (Å²) < 4.78 is 10.9. The zero-order chi connectivity index (χ0) is 26.5. The van der Waals surface area contributed by atoms with E-state index in [1.165, 1.54) is 6.92 Å². The van der Waals surface area contributed by atoms with Crippen LogP contribution in [-0.4, -0.2) is 86.5 Å². The molecule has 3 unspecified atom stereocenters. The normalized spacial score (nSPS) is 18.6. The molecule has 204 valence electrons. The number of aliphatic hydroxyl groups is 1. The Balaban J connectivity index is 1.84. The number of nitrogens with one attached hydrogen (secondary N) is 2. The zero-order valence-corrected chi connectivity index (χ0v) is 22.4. The van der Waals surface area contributed by atoms with Crippen molar-refractivity contribution in [3.8, 4) is 5.75 Å². The summed E-state index contributed by atoms with van der Waals surface area (Å²) in [6, 6.07) is 6.99. The Morgan fingerprint density at radius 3 is 2.64 bits per heavy atom. The summed E-state index contributed by atoms with van der Waals surface area (Å²) in [6.07, 6.45) is 2.55. The van der Waals surface area contributed by atoms with Gasteiger partial charge in [-0.2, -0.15) is 0 Å². The van der Waals surface area contributed by atoms with Crippen molar-refractivity contribution in [2.24, 2.45) is 17.6 Å². The number of hydrogen-bond donors (Lipinski definition) is 4. The predicted octanol–water partition coefficient (Wildman–Crippen LogP) is 1.78. The Morgan fingerprint density at radius 2 is 1.94 bits per heavy atom. The fourth-order valence-electron chi connectivity index (χ4n) is 4.53. The number of nitrogens with zero attached hydrogens (tertiary/aromatic N) is 1. The number of likely N-dealkylation sites (tertiary alicyclic amines) is 1. The molecule has 0 saturated carbocycles. The van der Waals surface area contributed by atoms with Gasteiger partial charge in [-0.3, -0.25) is 14.5 Å². The van der Waals surface area contributed by atoms with Crippen molar-refractivity contribution in [3.05, 3.63) is 29.8 Å². The van der Waals surface area contributed by atoms with Gasteiger partial charge in [-0.1, -0.05) is 26.0 Å². The van der Waals surface area contributed by atoms with Crippen LogP contribution in [0, 0.1) is 11.8 Å². The van der Waals surface area contributed by atoms with E-state index < -0.39 is 12.1 Å². The van der Waals surface area contributed by atoms with Gasteiger partial charge in [-0.25, -0.2) is 0 Å². The second kappa shape index (κ2) is 15.8. The van der Waals surface area contributed by atoms with E-state index in [4.69, 9.17) is 15.2 Å². The number of carbonyl (C=O) groups is 2. The molecule has 9 heteroatoms. The minimum atomic E-state index is -0.676. The number of benzene rings is 1. The summed E-state index contributed by atoms with van der Waals surface area (Å²) in [5.41, 5.74) is 6.91. The fraction of sp³-hybridized carbons (Fsp3) is 0.704. The number of β-amino-alcohol motifs (C(OH)–C–C–N with tert-alkyl or cyclic N) is 1. The molecular weight excluding hydrogens is 460 g/mol. The second-order valence-electron chi connectivity index (χ2n) is 10.2. The number of hydrogen-bond acceptors (Lipinski definition) is 7. The van der Waals surface area contributed by atoms with E-state index >= 15 is 0 Å². The molecule has 2 amide bonds. The van der Waals surface area contributed by atoms with Crippen LogP contribution in [0.3, 0.4) is 0 Å². The fourth-order valence-corrected chi connectivity index (χ4v) is 4.53. The van der Waals surface area contributed by atoms with Crippen molar-refractivity contribution in [2.75, 3.05) is 46.5 Å². The third-order valence-corrected chi connectivity index (χ3v) is 6.79. The minimum absolute atomic E-state index is 0.0304. The Hall–Kier alpha value is -2.20. The minimum Gasteiger partial charge on any atom is -0.493 e. The Morgan fingerprint density at radius 1 is 1.22 bits per heavy atom. The standard InChI is InChI=1S/C27H46N4O5/c1-19(2)21(15-24(28)25(33)18-31-12-11-22(17-31)30-20(3)32)16-29-27(34)23-9-5-6-10-26(23)36-14-8-7-13-35-4/h5-6,9-10,19,21-22,24-25,33H,7-8,11-18,28H2,1-4H3,(H,29,34)(H,30,32)/t21?,22-,24?,25?/m0/s1. The summed E-state index contributed by atoms with van der Waals surface area (Å²) >= 11 is 0. The molecule has 1 aromatic rings. The Kier molecular flexibility index (Phi) is 13.2. The van der Waals surface area contributed by atoms with E-state index in [1.54, 1.807) is 13.2 Å². The van der Waals surface area contributed by atoms with Gasteiger partial charge in [0, 0.05) is 58.9 Å². The highest BCUT2D eigenvalue weighted by Gasteiger charge is 2.28. The number of rotatable bonds is 16. The molecule has 1 saturated heterocycles. The van der Waals surface area contributed by atoms with Gasteiger partial charge in [0.25, 0.3) is 5.91 Å². The number of aliphatic hydroxyl groups excluding tert-OH is 1. The maximum absolute atomic E-state index is 13.0. The Bertz CT molecular complexity index is 806. The van der Waals surface area contributed by atoms with E-state index in [9.17, 15) is 14.7 Å². The molecule has 2 rings (SSSR count). The number of unbranched alkanes of at least 4 members (excludes halogenated alkanes) is 1. The highest BCUT2D eigenvalue weighted by molar-refractivity contribution is 5.96. The SMILES string of the molecule is COCCCCOc1ccccc1C(=O)NCC(CC(N)C(O)CN1CC[C@H](NC(C)=O)C1)C(C)C. The quantitative estimate of drug-likeness (QED) is 0.252. The molecule has 5 N–H and O–H groups in total. The average molecular weight is 507 g/mol. The number of carbonyl (C=O) groups excluding carboxylic acids is 2. The predicted molar refractivity (Wildman–Crippen MR) is 141 cm³/mol. The monoisotopic (exact) mass is 506 g/mol. The van der Waals surface area contributed by atoms with Crippen LogP contribution in [0.4, 0.5) is 0 Å². The Labute approximate surface area is 216 Å². The number of methoxy groups -OCH3 is 1. The molecule has 4 atom stereocenters. The van der Waals surface area contributed by atoms with Crippen molar-refractivity contribution >= 4 is 11.8 Å². The summed E-state index contributed by atoms with van der Waals surface area (Å²) in [7, 11) is 1.68. The average Bonchev–Trinajstić information content (AvgIpc) is 3.27. The summed E-state index contributed by atoms with van der Waals surface area (Å²) in [5, 5.41) is 16.7. The number of ether oxygens (including phenoxy) is 2. The molecule has 1 aromatic carbocycles. The third kappa shape index (κ3) is 10.4. The molecule has 1 aliphatic heterocycles. The third-order valence-electron chi connectivity index (χ3n) is 6.79. The smallest absolute Gasteiger partial charge is 0.255 e. The maximum atomic E-state index is 13.0. The zero-order valence-electron chi connectivity index (χ0n) is 22.4. The second-order valence-corrected chi connectivity index (χ2v) is 10.2. The summed E-state index contributed by atoms with van der Waals surface area (Å²) in [4.78, 5) is 26.4. The first-order valence-corrected chi connectivity index (χ1v) is 13.1. The lowest BCUT2D eigenvalue weighted by molar-refractivity contribution is -0.119. The van der Waals surface area contributed by atoms with Crippen LogP contribution < -0.4 is 21.1 Å². The first-order valence-electron chi connectivity index (χ1n) is 13.1. The summed E-state index contributed by atoms with van der Waals surface area (Å²) in [5.74, 6) is 0.766. The van der Waals surface area contributed by atoms with Gasteiger partial charge < -0.3 is 30.9 Å². The van der Waals surface area contributed by atoms with Crippen LogP contribution >= 0.6 is 0 Å². The molecule has 1 heterocycles. The van der Waals surface area contributed by atoms with Crippen molar-refractivity contribution < 1.29 is 24.2 Å². The van der Waals surface area contributed by atoms with Gasteiger partial charge in [0.15, 0.2) is 0 Å². The van der Waals surface area contributed by atoms with Gasteiger partial charge in [-0.05, 0) is 49.7 Å². The maximum Gasteiger partial charge on any atom is 0.255 e. The van der Waals surface area contributed by atoms with Crippen LogP contribution in [0.1, 0.15) is 56.8 Å². The molecular formula is C27H46N4O5. The highest BCUT2D eigenvalue weighted by atomic mass is 16.5. The molecule has 0 aromatic heterocycles. The molecule has 1 aliphatic rings. The van der Waals surface area contributed by atoms with Gasteiger partial charge >= 0.3 is 0 Å². The molecule has 9 nitrogen and oxygen atoms in total. The number of para-hydroxylation sites is 1. The lowest BCUT2D eigenvalue weighted by Crippen LogP contribution is -2.46. The molecule has 1 fully saturated rings. The van der Waals surface area contributed by atoms with Gasteiger partial charge in [0.1, 0.15) is 5.75 Å². The van der Waals surface area contributed by atoms with Crippen LogP contribution in [0.15, 0.2) is 24.3 Å². The lowest BCUT2D eigenvalue weighted by Gasteiger charge is -2.29. The first kappa shape index (κ1) is 30.0. The van der Waals surface area contributed by atoms with Crippen molar-refractivity contribution in [2.45, 2.75) is 64.6 Å². The molecule has 36 heavy (non-hydrogen) atoms. The van der Waals surface area contributed by atoms with Crippen molar-refractivity contribution in [3.63, 3.8) is 0 Å². The summed E-state index contributed by atoms with van der Waals surface area (Å²) in [6.45, 7) is 9.43. The van der Waals surface area contributed by atoms with Gasteiger partial charge in [0.2, 0.25) is 5.91 Å². The van der Waals surface area contributed by atoms with E-state index in [1.807, 2.05) is 18.2 Å². The van der Waals surface area contributed by atoms with Crippen LogP contribution in [0.5, 0.6) is 5.75 Å². The molecule has 0 aliphatic carbocycles.